The summed E-state index contributed by atoms with van der Waals surface area (Å²) in [5, 5.41) is 0. The molecule has 0 saturated carbocycles. The molecule has 0 saturated heterocycles. The molecule has 0 unspecified atom stereocenters. The van der Waals surface area contributed by atoms with Gasteiger partial charge in [0.2, 0.25) is 0 Å². The first kappa shape index (κ1) is 13.4. The van der Waals surface area contributed by atoms with Crippen molar-refractivity contribution in [1.82, 2.24) is 9.80 Å². The van der Waals surface area contributed by atoms with Gasteiger partial charge in [-0.1, -0.05) is 0 Å². The van der Waals surface area contributed by atoms with Crippen LogP contribution in [0.5, 0.6) is 0 Å². The zero-order chi connectivity index (χ0) is 11.0. The highest BCUT2D eigenvalue weighted by Crippen LogP contribution is 1.96. The third-order valence-corrected chi connectivity index (χ3v) is 3.23. The second-order valence-electron chi connectivity index (χ2n) is 3.54. The van der Waals surface area contributed by atoms with Gasteiger partial charge < -0.3 is 14.2 Å². The van der Waals surface area contributed by atoms with Crippen molar-refractivity contribution in [2.75, 3.05) is 41.8 Å². The van der Waals surface area contributed by atoms with Gasteiger partial charge in [0.25, 0.3) is 0 Å². The molecule has 0 radical (unpaired) electrons. The van der Waals surface area contributed by atoms with Gasteiger partial charge >= 0.3 is 0 Å². The maximum Gasteiger partial charge on any atom is 0.195 e. The molecule has 0 aliphatic rings. The molecule has 0 fully saturated rings. The maximum atomic E-state index is 5.14. The molecule has 0 aliphatic heterocycles. The fourth-order valence-electron chi connectivity index (χ4n) is 1.41. The minimum atomic E-state index is -0.252. The van der Waals surface area contributed by atoms with E-state index in [1.807, 2.05) is 26.0 Å². The molecule has 0 heterocycles. The van der Waals surface area contributed by atoms with Gasteiger partial charge in [-0.15, -0.1) is 0 Å². The molecule has 84 valence electrons. The zero-order valence-corrected chi connectivity index (χ0v) is 11.5. The monoisotopic (exact) mass is 217 g/mol. The van der Waals surface area contributed by atoms with E-state index in [0.29, 0.717) is 0 Å². The highest BCUT2D eigenvalue weighted by molar-refractivity contribution is 6.26. The molecule has 0 N–H and O–H groups in total. The standard InChI is InChI=1S/C9H23N3OSi/c1-10-9(11(2)3)12(4)7-6-8-14-13-5/h6-8,14H2,1-5H3. The number of hydrogen-bond acceptors (Lipinski definition) is 2. The van der Waals surface area contributed by atoms with Crippen LogP contribution >= 0.6 is 0 Å². The van der Waals surface area contributed by atoms with E-state index in [2.05, 4.69) is 16.9 Å². The van der Waals surface area contributed by atoms with Crippen LogP contribution < -0.4 is 0 Å². The van der Waals surface area contributed by atoms with Crippen molar-refractivity contribution in [2.24, 2.45) is 4.99 Å². The third kappa shape index (κ3) is 5.24. The Balaban J connectivity index is 3.76. The Labute approximate surface area is 89.9 Å². The Morgan fingerprint density at radius 1 is 1.36 bits per heavy atom. The van der Waals surface area contributed by atoms with E-state index in [1.54, 1.807) is 7.11 Å². The minimum absolute atomic E-state index is 0.252. The molecule has 0 spiro atoms. The van der Waals surface area contributed by atoms with E-state index in [1.165, 1.54) is 12.5 Å². The molecule has 0 aromatic carbocycles. The van der Waals surface area contributed by atoms with Gasteiger partial charge in [-0.2, -0.15) is 0 Å². The summed E-state index contributed by atoms with van der Waals surface area (Å²) in [6.45, 7) is 1.06. The van der Waals surface area contributed by atoms with Crippen LogP contribution in [-0.2, 0) is 4.43 Å². The summed E-state index contributed by atoms with van der Waals surface area (Å²) < 4.78 is 5.14. The number of guanidine groups is 1. The summed E-state index contributed by atoms with van der Waals surface area (Å²) in [4.78, 5) is 8.46. The van der Waals surface area contributed by atoms with Crippen LogP contribution in [0.1, 0.15) is 6.42 Å². The van der Waals surface area contributed by atoms with E-state index in [9.17, 15) is 0 Å². The number of nitrogens with zero attached hydrogens (tertiary/aromatic N) is 3. The van der Waals surface area contributed by atoms with Gasteiger partial charge in [0.05, 0.1) is 0 Å². The van der Waals surface area contributed by atoms with Crippen LogP contribution in [0.2, 0.25) is 6.04 Å². The lowest BCUT2D eigenvalue weighted by atomic mass is 10.4. The topological polar surface area (TPSA) is 28.1 Å². The van der Waals surface area contributed by atoms with E-state index >= 15 is 0 Å². The summed E-state index contributed by atoms with van der Waals surface area (Å²) in [5.74, 6) is 1.03. The van der Waals surface area contributed by atoms with Crippen molar-refractivity contribution in [3.05, 3.63) is 0 Å². The smallest absolute Gasteiger partial charge is 0.195 e. The molecule has 0 amide bonds. The largest absolute Gasteiger partial charge is 0.427 e. The lowest BCUT2D eigenvalue weighted by Gasteiger charge is -2.26. The van der Waals surface area contributed by atoms with Crippen LogP contribution in [0.4, 0.5) is 0 Å². The predicted molar refractivity (Wildman–Crippen MR) is 64.7 cm³/mol. The summed E-state index contributed by atoms with van der Waals surface area (Å²) in [5.41, 5.74) is 0. The molecule has 0 aromatic heterocycles. The fraction of sp³-hybridized carbons (Fsp3) is 0.889. The predicted octanol–water partition coefficient (Wildman–Crippen LogP) is 0.00420. The Bertz CT molecular complexity index is 173. The quantitative estimate of drug-likeness (QED) is 0.281. The van der Waals surface area contributed by atoms with Crippen LogP contribution in [0.25, 0.3) is 0 Å². The van der Waals surface area contributed by atoms with Crippen LogP contribution in [-0.4, -0.2) is 67.4 Å². The zero-order valence-electron chi connectivity index (χ0n) is 10.1. The van der Waals surface area contributed by atoms with Gasteiger partial charge in [0.1, 0.15) is 0 Å². The average molecular weight is 217 g/mol. The summed E-state index contributed by atoms with van der Waals surface area (Å²) in [6.07, 6.45) is 1.20. The first-order valence-electron chi connectivity index (χ1n) is 4.97. The minimum Gasteiger partial charge on any atom is -0.427 e. The maximum absolute atomic E-state index is 5.14. The van der Waals surface area contributed by atoms with E-state index in [-0.39, 0.29) is 9.76 Å². The summed E-state index contributed by atoms with van der Waals surface area (Å²) in [6, 6.07) is 1.24. The van der Waals surface area contributed by atoms with Crippen molar-refractivity contribution in [3.8, 4) is 0 Å². The van der Waals surface area contributed by atoms with Crippen molar-refractivity contribution in [2.45, 2.75) is 12.5 Å². The number of rotatable bonds is 5. The second-order valence-corrected chi connectivity index (χ2v) is 5.23. The molecule has 14 heavy (non-hydrogen) atoms. The first-order chi connectivity index (χ1) is 6.63. The molecular weight excluding hydrogens is 194 g/mol. The number of hydrogen-bond donors (Lipinski definition) is 0. The molecule has 0 aliphatic carbocycles. The lowest BCUT2D eigenvalue weighted by molar-refractivity contribution is 0.411. The molecular formula is C9H23N3OSi. The fourth-order valence-corrected chi connectivity index (χ4v) is 2.12. The Morgan fingerprint density at radius 2 is 2.00 bits per heavy atom. The average Bonchev–Trinajstić information content (AvgIpc) is 2.13. The van der Waals surface area contributed by atoms with E-state index in [4.69, 9.17) is 4.43 Å². The second kappa shape index (κ2) is 7.81. The van der Waals surface area contributed by atoms with Crippen LogP contribution in [0.15, 0.2) is 4.99 Å². The highest BCUT2D eigenvalue weighted by Gasteiger charge is 2.06. The molecule has 0 bridgehead atoms. The molecule has 0 rings (SSSR count). The Kier molecular flexibility index (Phi) is 7.51. The normalized spacial score (nSPS) is 12.5. The van der Waals surface area contributed by atoms with E-state index < -0.39 is 0 Å². The SMILES string of the molecule is CN=C(N(C)C)N(C)CCC[SiH2]OC. The van der Waals surface area contributed by atoms with Crippen LogP contribution in [0, 0.1) is 0 Å². The van der Waals surface area contributed by atoms with Crippen molar-refractivity contribution < 1.29 is 4.43 Å². The molecule has 0 aromatic rings. The number of aliphatic imine (C=N–C) groups is 1. The highest BCUT2D eigenvalue weighted by atomic mass is 28.2. The van der Waals surface area contributed by atoms with Gasteiger partial charge in [-0.25, -0.2) is 0 Å². The van der Waals surface area contributed by atoms with Gasteiger partial charge in [-0.05, 0) is 12.5 Å². The molecule has 4 nitrogen and oxygen atoms in total. The van der Waals surface area contributed by atoms with Crippen LogP contribution in [0.3, 0.4) is 0 Å². The third-order valence-electron chi connectivity index (χ3n) is 2.03. The van der Waals surface area contributed by atoms with E-state index in [0.717, 1.165) is 12.5 Å². The van der Waals surface area contributed by atoms with Crippen molar-refractivity contribution in [1.29, 1.82) is 0 Å². The first-order valence-corrected chi connectivity index (χ1v) is 6.55. The van der Waals surface area contributed by atoms with Crippen molar-refractivity contribution in [3.63, 3.8) is 0 Å². The van der Waals surface area contributed by atoms with Gasteiger partial charge in [0, 0.05) is 41.8 Å². The summed E-state index contributed by atoms with van der Waals surface area (Å²) in [7, 11) is 9.49. The Morgan fingerprint density at radius 3 is 2.43 bits per heavy atom. The lowest BCUT2D eigenvalue weighted by Crippen LogP contribution is -2.38. The van der Waals surface area contributed by atoms with Gasteiger partial charge in [0.15, 0.2) is 15.7 Å². The Hall–Kier alpha value is -0.553. The molecule has 5 heteroatoms. The summed E-state index contributed by atoms with van der Waals surface area (Å²) >= 11 is 0. The van der Waals surface area contributed by atoms with Gasteiger partial charge in [-0.3, -0.25) is 4.99 Å². The molecule has 0 atom stereocenters. The van der Waals surface area contributed by atoms with Crippen molar-refractivity contribution >= 4 is 15.7 Å².